The highest BCUT2D eigenvalue weighted by Gasteiger charge is 2.56. The van der Waals surface area contributed by atoms with Gasteiger partial charge in [0.2, 0.25) is 0 Å². The van der Waals surface area contributed by atoms with Crippen molar-refractivity contribution in [1.29, 1.82) is 0 Å². The Hall–Kier alpha value is -1.31. The van der Waals surface area contributed by atoms with Gasteiger partial charge in [-0.15, -0.1) is 0 Å². The molecule has 2 aliphatic rings. The minimum atomic E-state index is -0.137. The summed E-state index contributed by atoms with van der Waals surface area (Å²) in [6.45, 7) is 2.06. The molecule has 0 saturated heterocycles. The predicted octanol–water partition coefficient (Wildman–Crippen LogP) is 3.67. The molecule has 1 spiro atoms. The maximum atomic E-state index is 12.0. The Bertz CT molecular complexity index is 458. The van der Waals surface area contributed by atoms with Crippen LogP contribution in [0.4, 0.5) is 0 Å². The zero-order chi connectivity index (χ0) is 12.6. The van der Waals surface area contributed by atoms with Gasteiger partial charge in [0.15, 0.2) is 0 Å². The molecule has 0 bridgehead atoms. The van der Waals surface area contributed by atoms with Crippen LogP contribution in [0.5, 0.6) is 5.75 Å². The second kappa shape index (κ2) is 4.42. The van der Waals surface area contributed by atoms with Gasteiger partial charge in [-0.25, -0.2) is 0 Å². The van der Waals surface area contributed by atoms with Crippen molar-refractivity contribution in [3.8, 4) is 5.75 Å². The molecule has 0 amide bonds. The van der Waals surface area contributed by atoms with E-state index in [9.17, 15) is 4.79 Å². The van der Waals surface area contributed by atoms with Gasteiger partial charge in [0.1, 0.15) is 17.6 Å². The van der Waals surface area contributed by atoms with Crippen LogP contribution in [0.1, 0.15) is 44.1 Å². The molecule has 0 heterocycles. The Labute approximate surface area is 108 Å². The van der Waals surface area contributed by atoms with Crippen molar-refractivity contribution >= 4 is 5.78 Å². The molecule has 3 rings (SSSR count). The van der Waals surface area contributed by atoms with Crippen LogP contribution in [0.3, 0.4) is 0 Å². The third-order valence-corrected chi connectivity index (χ3v) is 4.56. The molecular weight excluding hydrogens is 224 g/mol. The molecule has 0 aliphatic heterocycles. The van der Waals surface area contributed by atoms with Crippen LogP contribution in [0, 0.1) is 12.3 Å². The molecular formula is C16H20O2. The Morgan fingerprint density at radius 1 is 1.22 bits per heavy atom. The highest BCUT2D eigenvalue weighted by Crippen LogP contribution is 2.50. The smallest absolute Gasteiger partial charge is 0.146 e. The average Bonchev–Trinajstić information content (AvgIpc) is 2.39. The van der Waals surface area contributed by atoms with Crippen molar-refractivity contribution in [1.82, 2.24) is 0 Å². The third-order valence-electron chi connectivity index (χ3n) is 4.56. The molecule has 1 aromatic carbocycles. The van der Waals surface area contributed by atoms with Crippen LogP contribution >= 0.6 is 0 Å². The van der Waals surface area contributed by atoms with Crippen molar-refractivity contribution < 1.29 is 9.53 Å². The number of carbonyl (C=O) groups is 1. The van der Waals surface area contributed by atoms with Gasteiger partial charge < -0.3 is 4.74 Å². The molecule has 1 unspecified atom stereocenters. The molecule has 1 atom stereocenters. The normalized spacial score (nSPS) is 25.8. The van der Waals surface area contributed by atoms with Crippen LogP contribution < -0.4 is 4.74 Å². The molecule has 96 valence electrons. The fraction of sp³-hybridized carbons (Fsp3) is 0.562. The van der Waals surface area contributed by atoms with Gasteiger partial charge in [-0.3, -0.25) is 4.79 Å². The van der Waals surface area contributed by atoms with E-state index in [1.54, 1.807) is 0 Å². The van der Waals surface area contributed by atoms with Crippen molar-refractivity contribution in [3.63, 3.8) is 0 Å². The topological polar surface area (TPSA) is 26.3 Å². The monoisotopic (exact) mass is 244 g/mol. The summed E-state index contributed by atoms with van der Waals surface area (Å²) in [6.07, 6.45) is 6.41. The zero-order valence-corrected chi connectivity index (χ0v) is 10.9. The first-order chi connectivity index (χ1) is 8.71. The first-order valence-electron chi connectivity index (χ1n) is 6.97. The number of rotatable bonds is 2. The second-order valence-electron chi connectivity index (χ2n) is 5.77. The molecule has 0 N–H and O–H groups in total. The summed E-state index contributed by atoms with van der Waals surface area (Å²) in [5.74, 6) is 1.34. The second-order valence-corrected chi connectivity index (χ2v) is 5.77. The minimum Gasteiger partial charge on any atom is -0.489 e. The fourth-order valence-electron chi connectivity index (χ4n) is 3.41. The molecule has 2 saturated carbocycles. The van der Waals surface area contributed by atoms with Crippen LogP contribution in [-0.4, -0.2) is 11.9 Å². The molecule has 2 nitrogen and oxygen atoms in total. The van der Waals surface area contributed by atoms with Crippen LogP contribution in [-0.2, 0) is 4.79 Å². The van der Waals surface area contributed by atoms with Crippen molar-refractivity contribution in [2.75, 3.05) is 0 Å². The quantitative estimate of drug-likeness (QED) is 0.793. The van der Waals surface area contributed by atoms with Gasteiger partial charge in [-0.2, -0.15) is 0 Å². The molecule has 2 fully saturated rings. The van der Waals surface area contributed by atoms with E-state index in [0.29, 0.717) is 12.2 Å². The maximum Gasteiger partial charge on any atom is 0.146 e. The van der Waals surface area contributed by atoms with E-state index >= 15 is 0 Å². The van der Waals surface area contributed by atoms with Crippen LogP contribution in [0.25, 0.3) is 0 Å². The van der Waals surface area contributed by atoms with Gasteiger partial charge in [-0.1, -0.05) is 31.4 Å². The van der Waals surface area contributed by atoms with Crippen LogP contribution in [0.2, 0.25) is 0 Å². The van der Waals surface area contributed by atoms with E-state index < -0.39 is 0 Å². The van der Waals surface area contributed by atoms with E-state index in [0.717, 1.165) is 18.6 Å². The number of hydrogen-bond donors (Lipinski definition) is 0. The van der Waals surface area contributed by atoms with E-state index in [2.05, 4.69) is 19.1 Å². The number of benzene rings is 1. The number of ether oxygens (including phenoxy) is 1. The Morgan fingerprint density at radius 3 is 2.67 bits per heavy atom. The third kappa shape index (κ3) is 1.84. The fourth-order valence-corrected chi connectivity index (χ4v) is 3.41. The number of aryl methyl sites for hydroxylation is 1. The summed E-state index contributed by atoms with van der Waals surface area (Å²) in [7, 11) is 0. The lowest BCUT2D eigenvalue weighted by Gasteiger charge is -2.49. The van der Waals surface area contributed by atoms with Crippen molar-refractivity contribution in [3.05, 3.63) is 29.8 Å². The number of Topliss-reactive ketones (excluding diaryl/α,β-unsaturated/α-hetero) is 1. The van der Waals surface area contributed by atoms with Gasteiger partial charge >= 0.3 is 0 Å². The molecule has 2 heteroatoms. The van der Waals surface area contributed by atoms with Crippen molar-refractivity contribution in [2.24, 2.45) is 5.41 Å². The summed E-state index contributed by atoms with van der Waals surface area (Å²) >= 11 is 0. The number of ketones is 1. The summed E-state index contributed by atoms with van der Waals surface area (Å²) in [5, 5.41) is 0. The summed E-state index contributed by atoms with van der Waals surface area (Å²) in [5.41, 5.74) is 1.07. The minimum absolute atomic E-state index is 0.118. The van der Waals surface area contributed by atoms with E-state index in [1.165, 1.54) is 24.8 Å². The van der Waals surface area contributed by atoms with Gasteiger partial charge in [0.25, 0.3) is 0 Å². The lowest BCUT2D eigenvalue weighted by Crippen LogP contribution is -2.57. The molecule has 0 radical (unpaired) electrons. The highest BCUT2D eigenvalue weighted by molar-refractivity contribution is 5.92. The number of hydrogen-bond acceptors (Lipinski definition) is 2. The zero-order valence-electron chi connectivity index (χ0n) is 10.9. The molecule has 2 aliphatic carbocycles. The first-order valence-corrected chi connectivity index (χ1v) is 6.97. The largest absolute Gasteiger partial charge is 0.489 e. The average molecular weight is 244 g/mol. The van der Waals surface area contributed by atoms with Gasteiger partial charge in [-0.05, 0) is 37.5 Å². The summed E-state index contributed by atoms with van der Waals surface area (Å²) in [6, 6.07) is 8.12. The van der Waals surface area contributed by atoms with E-state index in [1.807, 2.05) is 12.1 Å². The predicted molar refractivity (Wildman–Crippen MR) is 70.7 cm³/mol. The lowest BCUT2D eigenvalue weighted by atomic mass is 9.57. The lowest BCUT2D eigenvalue weighted by molar-refractivity contribution is -0.156. The Balaban J connectivity index is 1.75. The first kappa shape index (κ1) is 11.8. The molecule has 18 heavy (non-hydrogen) atoms. The van der Waals surface area contributed by atoms with Crippen LogP contribution in [0.15, 0.2) is 24.3 Å². The molecule has 1 aromatic rings. The van der Waals surface area contributed by atoms with E-state index in [-0.39, 0.29) is 11.5 Å². The SMILES string of the molecule is Cc1cccc(OC2CC(=O)C23CCCCC3)c1. The standard InChI is InChI=1S/C16H20O2/c1-12-6-5-7-13(10-12)18-15-11-14(17)16(15)8-3-2-4-9-16/h5-7,10,15H,2-4,8-9,11H2,1H3. The number of carbonyl (C=O) groups excluding carboxylic acids is 1. The Kier molecular flexibility index (Phi) is 2.89. The Morgan fingerprint density at radius 2 is 2.00 bits per heavy atom. The maximum absolute atomic E-state index is 12.0. The molecule has 0 aromatic heterocycles. The van der Waals surface area contributed by atoms with E-state index in [4.69, 9.17) is 4.74 Å². The summed E-state index contributed by atoms with van der Waals surface area (Å²) < 4.78 is 6.07. The van der Waals surface area contributed by atoms with Gasteiger partial charge in [0, 0.05) is 6.42 Å². The van der Waals surface area contributed by atoms with Crippen molar-refractivity contribution in [2.45, 2.75) is 51.6 Å². The summed E-state index contributed by atoms with van der Waals surface area (Å²) in [4.78, 5) is 12.0. The van der Waals surface area contributed by atoms with Gasteiger partial charge in [0.05, 0.1) is 5.41 Å². The highest BCUT2D eigenvalue weighted by atomic mass is 16.5.